The zero-order chi connectivity index (χ0) is 13.7. The summed E-state index contributed by atoms with van der Waals surface area (Å²) in [4.78, 5) is 24.4. The summed E-state index contributed by atoms with van der Waals surface area (Å²) in [6.07, 6.45) is 1.62. The highest BCUT2D eigenvalue weighted by molar-refractivity contribution is 6.30. The number of carbonyl (C=O) groups is 1. The smallest absolute Gasteiger partial charge is 0.312 e. The minimum atomic E-state index is -0.915. The maximum Gasteiger partial charge on any atom is 0.312 e. The number of nitro groups is 1. The zero-order valence-corrected chi connectivity index (χ0v) is 10.3. The number of nitrogens with one attached hydrogen (secondary N) is 1. The molecule has 0 aliphatic carbocycles. The van der Waals surface area contributed by atoms with Crippen LogP contribution in [0, 0.1) is 10.1 Å². The van der Waals surface area contributed by atoms with Gasteiger partial charge >= 0.3 is 11.7 Å². The van der Waals surface area contributed by atoms with E-state index in [4.69, 9.17) is 16.7 Å². The third-order valence-electron chi connectivity index (χ3n) is 2.21. The van der Waals surface area contributed by atoms with E-state index in [9.17, 15) is 14.9 Å². The fraction of sp³-hybridized carbons (Fsp3) is 0.400. The average molecular weight is 274 g/mol. The summed E-state index contributed by atoms with van der Waals surface area (Å²) in [6, 6.07) is 0.953. The summed E-state index contributed by atoms with van der Waals surface area (Å²) in [5.41, 5.74) is -0.232. The summed E-state index contributed by atoms with van der Waals surface area (Å²) < 4.78 is 0. The molecule has 0 aromatic carbocycles. The lowest BCUT2D eigenvalue weighted by Crippen LogP contribution is -2.18. The Labute approximate surface area is 108 Å². The van der Waals surface area contributed by atoms with E-state index in [1.807, 2.05) is 0 Å². The lowest BCUT2D eigenvalue weighted by molar-refractivity contribution is -0.384. The maximum atomic E-state index is 10.8. The summed E-state index contributed by atoms with van der Waals surface area (Å²) in [7, 11) is 0. The molecule has 0 amide bonds. The number of carboxylic acid groups (broad SMARTS) is 1. The summed E-state index contributed by atoms with van der Waals surface area (Å²) in [5, 5.41) is 22.3. The highest BCUT2D eigenvalue weighted by Gasteiger charge is 2.17. The predicted molar refractivity (Wildman–Crippen MR) is 65.9 cm³/mol. The SMILES string of the molecule is CC(CCC(=O)O)Nc1ncc(Cl)cc1[N+](=O)[O-]. The van der Waals surface area contributed by atoms with Gasteiger partial charge in [-0.25, -0.2) is 4.98 Å². The minimum absolute atomic E-state index is 0.0183. The normalized spacial score (nSPS) is 11.9. The Morgan fingerprint density at radius 2 is 2.39 bits per heavy atom. The van der Waals surface area contributed by atoms with Crippen LogP contribution >= 0.6 is 11.6 Å². The topological polar surface area (TPSA) is 105 Å². The molecule has 0 spiro atoms. The number of hydrogen-bond acceptors (Lipinski definition) is 5. The van der Waals surface area contributed by atoms with E-state index in [0.29, 0.717) is 6.42 Å². The number of anilines is 1. The van der Waals surface area contributed by atoms with Crippen molar-refractivity contribution in [3.05, 3.63) is 27.4 Å². The molecule has 1 unspecified atom stereocenters. The lowest BCUT2D eigenvalue weighted by Gasteiger charge is -2.13. The highest BCUT2D eigenvalue weighted by atomic mass is 35.5. The second-order valence-corrected chi connectivity index (χ2v) is 4.19. The predicted octanol–water partition coefficient (Wildman–Crippen LogP) is 2.31. The van der Waals surface area contributed by atoms with Gasteiger partial charge in [0.1, 0.15) is 0 Å². The van der Waals surface area contributed by atoms with Crippen LogP contribution < -0.4 is 5.32 Å². The average Bonchev–Trinajstić information content (AvgIpc) is 2.28. The fourth-order valence-electron chi connectivity index (χ4n) is 1.32. The molecule has 0 aliphatic heterocycles. The molecule has 1 atom stereocenters. The molecule has 0 saturated carbocycles. The van der Waals surface area contributed by atoms with Crippen molar-refractivity contribution in [2.24, 2.45) is 0 Å². The van der Waals surface area contributed by atoms with Gasteiger partial charge in [-0.1, -0.05) is 11.6 Å². The van der Waals surface area contributed by atoms with Crippen molar-refractivity contribution in [2.45, 2.75) is 25.8 Å². The van der Waals surface area contributed by atoms with Crippen molar-refractivity contribution in [1.29, 1.82) is 0 Å². The Kier molecular flexibility index (Phi) is 4.85. The molecule has 0 bridgehead atoms. The number of hydrogen-bond donors (Lipinski definition) is 2. The number of rotatable bonds is 6. The van der Waals surface area contributed by atoms with E-state index in [0.717, 1.165) is 0 Å². The van der Waals surface area contributed by atoms with Gasteiger partial charge in [0.25, 0.3) is 0 Å². The molecular formula is C10H12ClN3O4. The van der Waals surface area contributed by atoms with Crippen LogP contribution in [0.15, 0.2) is 12.3 Å². The van der Waals surface area contributed by atoms with Crippen LogP contribution in [0.2, 0.25) is 5.02 Å². The number of pyridine rings is 1. The van der Waals surface area contributed by atoms with Crippen molar-refractivity contribution in [3.63, 3.8) is 0 Å². The summed E-state index contributed by atoms with van der Waals surface area (Å²) in [5.74, 6) is -0.829. The molecule has 1 aromatic rings. The van der Waals surface area contributed by atoms with Gasteiger partial charge in [0.2, 0.25) is 5.82 Å². The van der Waals surface area contributed by atoms with Gasteiger partial charge < -0.3 is 10.4 Å². The first-order chi connectivity index (χ1) is 8.40. The Bertz CT molecular complexity index is 466. The largest absolute Gasteiger partial charge is 0.481 e. The van der Waals surface area contributed by atoms with E-state index in [2.05, 4.69) is 10.3 Å². The Hall–Kier alpha value is -1.89. The van der Waals surface area contributed by atoms with Crippen molar-refractivity contribution < 1.29 is 14.8 Å². The first-order valence-electron chi connectivity index (χ1n) is 5.18. The lowest BCUT2D eigenvalue weighted by atomic mass is 10.2. The third kappa shape index (κ3) is 4.17. The number of halogens is 1. The minimum Gasteiger partial charge on any atom is -0.481 e. The Morgan fingerprint density at radius 3 is 2.94 bits per heavy atom. The first kappa shape index (κ1) is 14.2. The third-order valence-corrected chi connectivity index (χ3v) is 2.41. The van der Waals surface area contributed by atoms with Gasteiger partial charge in [-0.3, -0.25) is 14.9 Å². The zero-order valence-electron chi connectivity index (χ0n) is 9.59. The number of nitrogens with zero attached hydrogens (tertiary/aromatic N) is 2. The van der Waals surface area contributed by atoms with Gasteiger partial charge in [-0.15, -0.1) is 0 Å². The van der Waals surface area contributed by atoms with E-state index in [1.165, 1.54) is 12.3 Å². The maximum absolute atomic E-state index is 10.8. The van der Waals surface area contributed by atoms with Gasteiger partial charge in [-0.05, 0) is 13.3 Å². The van der Waals surface area contributed by atoms with E-state index < -0.39 is 10.9 Å². The van der Waals surface area contributed by atoms with E-state index in [1.54, 1.807) is 6.92 Å². The molecular weight excluding hydrogens is 262 g/mol. The molecule has 1 rings (SSSR count). The van der Waals surface area contributed by atoms with E-state index in [-0.39, 0.29) is 29.0 Å². The molecule has 0 fully saturated rings. The molecule has 0 radical (unpaired) electrons. The quantitative estimate of drug-likeness (QED) is 0.608. The number of aliphatic carboxylic acids is 1. The number of carboxylic acids is 1. The molecule has 8 heteroatoms. The van der Waals surface area contributed by atoms with Crippen molar-refractivity contribution in [1.82, 2.24) is 4.98 Å². The standard InChI is InChI=1S/C10H12ClN3O4/c1-6(2-3-9(15)16)13-10-8(14(17)18)4-7(11)5-12-10/h4-6H,2-3H2,1H3,(H,12,13)(H,15,16). The van der Waals surface area contributed by atoms with Crippen molar-refractivity contribution in [3.8, 4) is 0 Å². The molecule has 0 saturated heterocycles. The van der Waals surface area contributed by atoms with Crippen LogP contribution in [0.25, 0.3) is 0 Å². The Morgan fingerprint density at radius 1 is 1.72 bits per heavy atom. The molecule has 1 heterocycles. The monoisotopic (exact) mass is 273 g/mol. The van der Waals surface area contributed by atoms with E-state index >= 15 is 0 Å². The van der Waals surface area contributed by atoms with Gasteiger partial charge in [0.15, 0.2) is 0 Å². The van der Waals surface area contributed by atoms with Crippen LogP contribution in [0.3, 0.4) is 0 Å². The van der Waals surface area contributed by atoms with Crippen LogP contribution in [0.1, 0.15) is 19.8 Å². The summed E-state index contributed by atoms with van der Waals surface area (Å²) in [6.45, 7) is 1.73. The van der Waals surface area contributed by atoms with Crippen LogP contribution in [0.4, 0.5) is 11.5 Å². The van der Waals surface area contributed by atoms with Crippen LogP contribution in [-0.4, -0.2) is 27.0 Å². The van der Waals surface area contributed by atoms with Gasteiger partial charge in [-0.2, -0.15) is 0 Å². The molecule has 0 aliphatic rings. The molecule has 7 nitrogen and oxygen atoms in total. The molecule has 98 valence electrons. The fourth-order valence-corrected chi connectivity index (χ4v) is 1.48. The van der Waals surface area contributed by atoms with Gasteiger partial charge in [0.05, 0.1) is 9.95 Å². The molecule has 18 heavy (non-hydrogen) atoms. The summed E-state index contributed by atoms with van der Waals surface area (Å²) >= 11 is 5.63. The van der Waals surface area contributed by atoms with Crippen LogP contribution in [-0.2, 0) is 4.79 Å². The number of aromatic nitrogens is 1. The van der Waals surface area contributed by atoms with Gasteiger partial charge in [0, 0.05) is 24.7 Å². The first-order valence-corrected chi connectivity index (χ1v) is 5.56. The van der Waals surface area contributed by atoms with Crippen molar-refractivity contribution in [2.75, 3.05) is 5.32 Å². The molecule has 2 N–H and O–H groups in total. The Balaban J connectivity index is 2.77. The second kappa shape index (κ2) is 6.15. The second-order valence-electron chi connectivity index (χ2n) is 3.76. The molecule has 1 aromatic heterocycles. The van der Waals surface area contributed by atoms with Crippen molar-refractivity contribution >= 4 is 29.1 Å². The van der Waals surface area contributed by atoms with Crippen LogP contribution in [0.5, 0.6) is 0 Å². The highest BCUT2D eigenvalue weighted by Crippen LogP contribution is 2.25.